The summed E-state index contributed by atoms with van der Waals surface area (Å²) in [5, 5.41) is 1.22. The fraction of sp³-hybridized carbons (Fsp3) is 0.348. The van der Waals surface area contributed by atoms with Crippen molar-refractivity contribution in [3.05, 3.63) is 65.4 Å². The van der Waals surface area contributed by atoms with Crippen LogP contribution in [0.15, 0.2) is 54.9 Å². The maximum absolute atomic E-state index is 12.5. The number of hydrogen-bond acceptors (Lipinski definition) is 6. The average Bonchev–Trinajstić information content (AvgIpc) is 3.17. The number of Topliss-reactive ketones (excluding diaryl/α,β-unsaturated/α-hetero) is 1. The molecule has 0 radical (unpaired) electrons. The molecule has 4 heterocycles. The molecule has 1 fully saturated rings. The molecule has 29 heavy (non-hydrogen) atoms. The van der Waals surface area contributed by atoms with E-state index < -0.39 is 0 Å². The lowest BCUT2D eigenvalue weighted by molar-refractivity contribution is -0.117. The first-order valence-corrected chi connectivity index (χ1v) is 10.8. The van der Waals surface area contributed by atoms with E-state index in [2.05, 4.69) is 40.8 Å². The number of anilines is 1. The van der Waals surface area contributed by atoms with Gasteiger partial charge in [-0.2, -0.15) is 0 Å². The molecule has 3 aromatic rings. The lowest BCUT2D eigenvalue weighted by Crippen LogP contribution is -2.45. The lowest BCUT2D eigenvalue weighted by Gasteiger charge is -2.35. The monoisotopic (exact) mass is 407 g/mol. The maximum atomic E-state index is 12.5. The molecule has 0 aromatic carbocycles. The van der Waals surface area contributed by atoms with Crippen molar-refractivity contribution >= 4 is 22.1 Å². The molecule has 0 bridgehead atoms. The van der Waals surface area contributed by atoms with Crippen molar-refractivity contribution in [1.82, 2.24) is 9.97 Å². The molecule has 0 aliphatic carbocycles. The van der Waals surface area contributed by atoms with Crippen LogP contribution < -0.4 is 4.90 Å². The third kappa shape index (κ3) is 5.08. The molecule has 0 spiro atoms. The fourth-order valence-electron chi connectivity index (χ4n) is 3.66. The second-order valence-corrected chi connectivity index (χ2v) is 8.69. The van der Waals surface area contributed by atoms with E-state index in [4.69, 9.17) is 4.74 Å². The van der Waals surface area contributed by atoms with Crippen LogP contribution in [0.5, 0.6) is 0 Å². The molecule has 2 unspecified atom stereocenters. The van der Waals surface area contributed by atoms with Gasteiger partial charge in [0.25, 0.3) is 0 Å². The van der Waals surface area contributed by atoms with Gasteiger partial charge in [0.2, 0.25) is 0 Å². The topological polar surface area (TPSA) is 55.3 Å². The number of nitrogens with zero attached hydrogens (tertiary/aromatic N) is 3. The molecule has 150 valence electrons. The number of rotatable bonds is 6. The molecule has 1 aliphatic heterocycles. The van der Waals surface area contributed by atoms with Crippen LogP contribution in [0.2, 0.25) is 0 Å². The number of carbonyl (C=O) groups excluding carboxylic acids is 1. The van der Waals surface area contributed by atoms with Crippen LogP contribution in [-0.2, 0) is 22.4 Å². The van der Waals surface area contributed by atoms with Gasteiger partial charge in [0.05, 0.1) is 22.9 Å². The summed E-state index contributed by atoms with van der Waals surface area (Å²) >= 11 is 1.70. The smallest absolute Gasteiger partial charge is 0.144 e. The van der Waals surface area contributed by atoms with Gasteiger partial charge < -0.3 is 9.64 Å². The van der Waals surface area contributed by atoms with Gasteiger partial charge in [0.15, 0.2) is 0 Å². The Balaban J connectivity index is 1.35. The van der Waals surface area contributed by atoms with Gasteiger partial charge in [-0.15, -0.1) is 11.3 Å². The minimum atomic E-state index is 0.181. The zero-order chi connectivity index (χ0) is 20.2. The van der Waals surface area contributed by atoms with Gasteiger partial charge in [-0.3, -0.25) is 14.8 Å². The minimum absolute atomic E-state index is 0.181. The van der Waals surface area contributed by atoms with Crippen LogP contribution in [0.25, 0.3) is 11.3 Å². The van der Waals surface area contributed by atoms with Crippen LogP contribution >= 0.6 is 11.3 Å². The van der Waals surface area contributed by atoms with E-state index in [1.165, 1.54) is 5.00 Å². The molecule has 2 atom stereocenters. The number of hydrogen-bond donors (Lipinski definition) is 0. The number of ketones is 1. The number of pyridine rings is 2. The van der Waals surface area contributed by atoms with Crippen molar-refractivity contribution < 1.29 is 9.53 Å². The van der Waals surface area contributed by atoms with Crippen molar-refractivity contribution in [3.8, 4) is 11.3 Å². The Bertz CT molecular complexity index is 946. The molecule has 1 saturated heterocycles. The zero-order valence-electron chi connectivity index (χ0n) is 16.7. The van der Waals surface area contributed by atoms with Gasteiger partial charge in [-0.25, -0.2) is 0 Å². The van der Waals surface area contributed by atoms with Crippen molar-refractivity contribution in [1.29, 1.82) is 0 Å². The van der Waals surface area contributed by atoms with E-state index in [0.29, 0.717) is 12.8 Å². The van der Waals surface area contributed by atoms with Crippen LogP contribution in [0, 0.1) is 0 Å². The standard InChI is InChI=1S/C23H25N3O2S/c1-16-14-26(15-17(2)28-16)23-9-8-21(29-23)12-20(27)11-19-7-6-18(13-25-19)22-5-3-4-10-24-22/h3-10,13,16-17H,11-12,14-15H2,1-2H3. The molecule has 3 aromatic heterocycles. The highest BCUT2D eigenvalue weighted by Crippen LogP contribution is 2.29. The third-order valence-corrected chi connectivity index (χ3v) is 6.06. The molecule has 0 saturated carbocycles. The summed E-state index contributed by atoms with van der Waals surface area (Å²) in [6, 6.07) is 13.9. The van der Waals surface area contributed by atoms with E-state index in [-0.39, 0.29) is 18.0 Å². The van der Waals surface area contributed by atoms with Gasteiger partial charge in [-0.1, -0.05) is 6.07 Å². The fourth-order valence-corrected chi connectivity index (χ4v) is 4.71. The molecule has 1 aliphatic rings. The largest absolute Gasteiger partial charge is 0.372 e. The summed E-state index contributed by atoms with van der Waals surface area (Å²) in [6.45, 7) is 6.00. The SMILES string of the molecule is CC1CN(c2ccc(CC(=O)Cc3ccc(-c4ccccn4)cn3)s2)CC(C)O1. The highest BCUT2D eigenvalue weighted by molar-refractivity contribution is 7.16. The van der Waals surface area contributed by atoms with E-state index in [1.807, 2.05) is 30.3 Å². The Morgan fingerprint density at radius 3 is 2.59 bits per heavy atom. The van der Waals surface area contributed by atoms with Crippen LogP contribution in [-0.4, -0.2) is 41.0 Å². The van der Waals surface area contributed by atoms with Crippen LogP contribution in [0.1, 0.15) is 24.4 Å². The first kappa shape index (κ1) is 19.7. The summed E-state index contributed by atoms with van der Waals surface area (Å²) in [7, 11) is 0. The van der Waals surface area contributed by atoms with Crippen molar-refractivity contribution in [2.24, 2.45) is 0 Å². The van der Waals surface area contributed by atoms with Crippen molar-refractivity contribution in [2.75, 3.05) is 18.0 Å². The molecular formula is C23H25N3O2S. The summed E-state index contributed by atoms with van der Waals surface area (Å²) < 4.78 is 5.81. The lowest BCUT2D eigenvalue weighted by atomic mass is 10.1. The first-order valence-electron chi connectivity index (χ1n) is 9.94. The van der Waals surface area contributed by atoms with Gasteiger partial charge in [0.1, 0.15) is 5.78 Å². The quantitative estimate of drug-likeness (QED) is 0.614. The highest BCUT2D eigenvalue weighted by Gasteiger charge is 2.23. The second kappa shape index (κ2) is 8.84. The third-order valence-electron chi connectivity index (χ3n) is 4.91. The molecule has 6 heteroatoms. The number of morpholine rings is 1. The Kier molecular flexibility index (Phi) is 6.02. The van der Waals surface area contributed by atoms with Crippen LogP contribution in [0.4, 0.5) is 5.00 Å². The molecular weight excluding hydrogens is 382 g/mol. The highest BCUT2D eigenvalue weighted by atomic mass is 32.1. The molecule has 5 nitrogen and oxygen atoms in total. The Labute approximate surface area is 175 Å². The normalized spacial score (nSPS) is 19.3. The maximum Gasteiger partial charge on any atom is 0.144 e. The Hall–Kier alpha value is -2.57. The number of carbonyl (C=O) groups is 1. The van der Waals surface area contributed by atoms with Crippen molar-refractivity contribution in [3.63, 3.8) is 0 Å². The zero-order valence-corrected chi connectivity index (χ0v) is 17.6. The average molecular weight is 408 g/mol. The van der Waals surface area contributed by atoms with E-state index in [1.54, 1.807) is 23.7 Å². The molecule has 0 N–H and O–H groups in total. The van der Waals surface area contributed by atoms with E-state index in [9.17, 15) is 4.79 Å². The summed E-state index contributed by atoms with van der Waals surface area (Å²) in [4.78, 5) is 24.8. The predicted octanol–water partition coefficient (Wildman–Crippen LogP) is 4.17. The minimum Gasteiger partial charge on any atom is -0.372 e. The van der Waals surface area contributed by atoms with Gasteiger partial charge in [-0.05, 0) is 50.2 Å². The number of thiophene rings is 1. The summed E-state index contributed by atoms with van der Waals surface area (Å²) in [5.74, 6) is 0.181. The summed E-state index contributed by atoms with van der Waals surface area (Å²) in [6.07, 6.45) is 4.80. The first-order chi connectivity index (χ1) is 14.1. The van der Waals surface area contributed by atoms with E-state index >= 15 is 0 Å². The summed E-state index contributed by atoms with van der Waals surface area (Å²) in [5.41, 5.74) is 2.64. The van der Waals surface area contributed by atoms with Crippen LogP contribution in [0.3, 0.4) is 0 Å². The Morgan fingerprint density at radius 1 is 1.07 bits per heavy atom. The Morgan fingerprint density at radius 2 is 1.90 bits per heavy atom. The number of aromatic nitrogens is 2. The van der Waals surface area contributed by atoms with Gasteiger partial charge >= 0.3 is 0 Å². The molecule has 0 amide bonds. The predicted molar refractivity (Wildman–Crippen MR) is 116 cm³/mol. The van der Waals surface area contributed by atoms with E-state index in [0.717, 1.165) is 34.9 Å². The van der Waals surface area contributed by atoms with Crippen molar-refractivity contribution in [2.45, 2.75) is 38.9 Å². The molecule has 4 rings (SSSR count). The second-order valence-electron chi connectivity index (χ2n) is 7.55. The van der Waals surface area contributed by atoms with Gasteiger partial charge in [0, 0.05) is 54.5 Å². The number of ether oxygens (including phenoxy) is 1.